The van der Waals surface area contributed by atoms with Crippen LogP contribution in [0.5, 0.6) is 0 Å². The van der Waals surface area contributed by atoms with Crippen LogP contribution in [0.1, 0.15) is 34.5 Å². The molecule has 1 fully saturated rings. The molecule has 0 spiro atoms. The number of hydrogen-bond acceptors (Lipinski definition) is 2. The van der Waals surface area contributed by atoms with Gasteiger partial charge in [0.25, 0.3) is 5.91 Å². The van der Waals surface area contributed by atoms with Crippen molar-refractivity contribution in [1.82, 2.24) is 14.3 Å². The van der Waals surface area contributed by atoms with E-state index in [1.807, 2.05) is 23.5 Å². The SMILES string of the molecule is Cc1c(C(=O)N(Cc2c(F)cccc2Cl)C2CC2)ccc2cncn12. The van der Waals surface area contributed by atoms with E-state index < -0.39 is 0 Å². The molecule has 0 N–H and O–H groups in total. The van der Waals surface area contributed by atoms with E-state index in [1.54, 1.807) is 29.6 Å². The smallest absolute Gasteiger partial charge is 0.256 e. The molecule has 6 heteroatoms. The molecule has 0 aliphatic heterocycles. The minimum Gasteiger partial charge on any atom is -0.331 e. The predicted octanol–water partition coefficient (Wildman–Crippen LogP) is 4.24. The number of aryl methyl sites for hydroxylation is 1. The summed E-state index contributed by atoms with van der Waals surface area (Å²) < 4.78 is 16.1. The number of hydrogen-bond donors (Lipinski definition) is 0. The van der Waals surface area contributed by atoms with Gasteiger partial charge in [0, 0.05) is 22.3 Å². The van der Waals surface area contributed by atoms with Crippen molar-refractivity contribution < 1.29 is 9.18 Å². The van der Waals surface area contributed by atoms with Crippen molar-refractivity contribution in [2.24, 2.45) is 0 Å². The van der Waals surface area contributed by atoms with Gasteiger partial charge in [0.1, 0.15) is 5.82 Å². The molecule has 1 saturated carbocycles. The Morgan fingerprint density at radius 3 is 2.88 bits per heavy atom. The Hall–Kier alpha value is -2.40. The van der Waals surface area contributed by atoms with E-state index in [0.29, 0.717) is 16.1 Å². The van der Waals surface area contributed by atoms with E-state index >= 15 is 0 Å². The van der Waals surface area contributed by atoms with Crippen LogP contribution in [-0.2, 0) is 6.54 Å². The predicted molar refractivity (Wildman–Crippen MR) is 94.2 cm³/mol. The van der Waals surface area contributed by atoms with Crippen molar-refractivity contribution in [3.05, 3.63) is 70.5 Å². The monoisotopic (exact) mass is 357 g/mol. The first-order valence-corrected chi connectivity index (χ1v) is 8.59. The van der Waals surface area contributed by atoms with Gasteiger partial charge in [-0.1, -0.05) is 17.7 Å². The van der Waals surface area contributed by atoms with Gasteiger partial charge in [0.15, 0.2) is 0 Å². The average molecular weight is 358 g/mol. The van der Waals surface area contributed by atoms with Crippen molar-refractivity contribution in [3.8, 4) is 0 Å². The van der Waals surface area contributed by atoms with Gasteiger partial charge in [-0.3, -0.25) is 4.79 Å². The molecule has 4 nitrogen and oxygen atoms in total. The molecule has 0 bridgehead atoms. The number of pyridine rings is 1. The lowest BCUT2D eigenvalue weighted by Crippen LogP contribution is -2.33. The van der Waals surface area contributed by atoms with E-state index in [9.17, 15) is 9.18 Å². The Bertz CT molecular complexity index is 944. The van der Waals surface area contributed by atoms with Crippen LogP contribution >= 0.6 is 11.6 Å². The molecule has 0 atom stereocenters. The summed E-state index contributed by atoms with van der Waals surface area (Å²) >= 11 is 6.15. The summed E-state index contributed by atoms with van der Waals surface area (Å²) in [5, 5.41) is 0.347. The van der Waals surface area contributed by atoms with Crippen molar-refractivity contribution in [3.63, 3.8) is 0 Å². The first-order valence-electron chi connectivity index (χ1n) is 8.22. The van der Waals surface area contributed by atoms with Crippen molar-refractivity contribution in [1.29, 1.82) is 0 Å². The number of rotatable bonds is 4. The highest BCUT2D eigenvalue weighted by Gasteiger charge is 2.34. The number of carbonyl (C=O) groups excluding carboxylic acids is 1. The number of imidazole rings is 1. The quantitative estimate of drug-likeness (QED) is 0.700. The largest absolute Gasteiger partial charge is 0.331 e. The highest BCUT2D eigenvalue weighted by atomic mass is 35.5. The lowest BCUT2D eigenvalue weighted by molar-refractivity contribution is 0.0727. The number of halogens is 2. The highest BCUT2D eigenvalue weighted by molar-refractivity contribution is 6.31. The molecule has 0 radical (unpaired) electrons. The highest BCUT2D eigenvalue weighted by Crippen LogP contribution is 2.32. The Morgan fingerprint density at radius 1 is 1.36 bits per heavy atom. The Balaban J connectivity index is 1.71. The lowest BCUT2D eigenvalue weighted by Gasteiger charge is -2.24. The molecule has 128 valence electrons. The number of fused-ring (bicyclic) bond motifs is 1. The number of benzene rings is 1. The van der Waals surface area contributed by atoms with Gasteiger partial charge in [-0.2, -0.15) is 0 Å². The maximum Gasteiger partial charge on any atom is 0.256 e. The molecule has 3 aromatic rings. The average Bonchev–Trinajstić information content (AvgIpc) is 3.30. The Morgan fingerprint density at radius 2 is 2.16 bits per heavy atom. The lowest BCUT2D eigenvalue weighted by atomic mass is 10.1. The van der Waals surface area contributed by atoms with E-state index in [2.05, 4.69) is 4.98 Å². The maximum atomic E-state index is 14.2. The topological polar surface area (TPSA) is 37.6 Å². The zero-order valence-corrected chi connectivity index (χ0v) is 14.5. The van der Waals surface area contributed by atoms with Crippen LogP contribution in [0.15, 0.2) is 42.9 Å². The number of aromatic nitrogens is 2. The standard InChI is InChI=1S/C19H17ClFN3O/c1-12-15(8-7-14-9-22-11-24(12)14)19(25)23(13-5-6-13)10-16-17(20)3-2-4-18(16)21/h2-4,7-9,11,13H,5-6,10H2,1H3. The molecule has 1 aromatic carbocycles. The van der Waals surface area contributed by atoms with Crippen LogP contribution in [0.2, 0.25) is 5.02 Å². The molecule has 1 aliphatic rings. The van der Waals surface area contributed by atoms with Crippen LogP contribution in [-0.4, -0.2) is 26.2 Å². The summed E-state index contributed by atoms with van der Waals surface area (Å²) in [6.45, 7) is 2.07. The first-order chi connectivity index (χ1) is 12.1. The second-order valence-corrected chi connectivity index (χ2v) is 6.79. The summed E-state index contributed by atoms with van der Waals surface area (Å²) in [6, 6.07) is 8.42. The van der Waals surface area contributed by atoms with Crippen LogP contribution in [0, 0.1) is 12.7 Å². The fourth-order valence-corrected chi connectivity index (χ4v) is 3.34. The minimum atomic E-state index is -0.382. The third-order valence-electron chi connectivity index (χ3n) is 4.71. The molecule has 1 aliphatic carbocycles. The van der Waals surface area contributed by atoms with Gasteiger partial charge in [-0.15, -0.1) is 0 Å². The van der Waals surface area contributed by atoms with Crippen LogP contribution in [0.4, 0.5) is 4.39 Å². The van der Waals surface area contributed by atoms with Crippen molar-refractivity contribution in [2.75, 3.05) is 0 Å². The molecule has 4 rings (SSSR count). The molecule has 1 amide bonds. The van der Waals surface area contributed by atoms with E-state index in [1.165, 1.54) is 6.07 Å². The zero-order chi connectivity index (χ0) is 17.6. The van der Waals surface area contributed by atoms with Gasteiger partial charge in [-0.25, -0.2) is 9.37 Å². The number of carbonyl (C=O) groups is 1. The van der Waals surface area contributed by atoms with E-state index in [0.717, 1.165) is 24.1 Å². The summed E-state index contributed by atoms with van der Waals surface area (Å²) in [4.78, 5) is 19.0. The van der Waals surface area contributed by atoms with Gasteiger partial charge in [-0.05, 0) is 44.0 Å². The van der Waals surface area contributed by atoms with E-state index in [4.69, 9.17) is 11.6 Å². The summed E-state index contributed by atoms with van der Waals surface area (Å²) in [6.07, 6.45) is 5.31. The molecular weight excluding hydrogens is 341 g/mol. The summed E-state index contributed by atoms with van der Waals surface area (Å²) in [7, 11) is 0. The van der Waals surface area contributed by atoms with E-state index in [-0.39, 0.29) is 24.3 Å². The second kappa shape index (κ2) is 6.15. The first kappa shape index (κ1) is 16.1. The fraction of sp³-hybridized carbons (Fsp3) is 0.263. The normalized spacial score (nSPS) is 14.0. The molecule has 2 heterocycles. The molecule has 0 unspecified atom stereocenters. The minimum absolute atomic E-state index is 0.102. The molecule has 2 aromatic heterocycles. The second-order valence-electron chi connectivity index (χ2n) is 6.39. The number of amides is 1. The Kier molecular flexibility index (Phi) is 3.96. The van der Waals surface area contributed by atoms with Crippen LogP contribution in [0.25, 0.3) is 5.52 Å². The summed E-state index contributed by atoms with van der Waals surface area (Å²) in [5.74, 6) is -0.484. The zero-order valence-electron chi connectivity index (χ0n) is 13.7. The van der Waals surface area contributed by atoms with Gasteiger partial charge >= 0.3 is 0 Å². The third kappa shape index (κ3) is 2.89. The number of nitrogens with zero attached hydrogens (tertiary/aromatic N) is 3. The van der Waals surface area contributed by atoms with Gasteiger partial charge in [0.05, 0.1) is 30.1 Å². The summed E-state index contributed by atoms with van der Waals surface area (Å²) in [5.41, 5.74) is 2.73. The van der Waals surface area contributed by atoms with Gasteiger partial charge in [0.2, 0.25) is 0 Å². The van der Waals surface area contributed by atoms with Gasteiger partial charge < -0.3 is 9.30 Å². The van der Waals surface area contributed by atoms with Crippen molar-refractivity contribution >= 4 is 23.0 Å². The Labute approximate surface area is 149 Å². The maximum absolute atomic E-state index is 14.2. The van der Waals surface area contributed by atoms with Crippen LogP contribution < -0.4 is 0 Å². The third-order valence-corrected chi connectivity index (χ3v) is 5.06. The van der Waals surface area contributed by atoms with Crippen LogP contribution in [0.3, 0.4) is 0 Å². The molecule has 0 saturated heterocycles. The molecular formula is C19H17ClFN3O. The van der Waals surface area contributed by atoms with Crippen molar-refractivity contribution in [2.45, 2.75) is 32.4 Å². The molecule has 25 heavy (non-hydrogen) atoms. The fourth-order valence-electron chi connectivity index (χ4n) is 3.12.